The van der Waals surface area contributed by atoms with Gasteiger partial charge in [0.15, 0.2) is 11.5 Å². The molecule has 0 aliphatic rings. The highest BCUT2D eigenvalue weighted by atomic mass is 19.1. The summed E-state index contributed by atoms with van der Waals surface area (Å²) in [5.41, 5.74) is 1.88. The molecular formula is C31H27FN4O5. The largest absolute Gasteiger partial charge is 0.491 e. The molecule has 5 aromatic rings. The molecule has 5 rings (SSSR count). The van der Waals surface area contributed by atoms with E-state index in [1.807, 2.05) is 13.8 Å². The van der Waals surface area contributed by atoms with Crippen molar-refractivity contribution in [1.29, 1.82) is 0 Å². The number of carbonyl (C=O) groups is 1. The Bertz CT molecular complexity index is 1780. The minimum absolute atomic E-state index is 0.0161. The molecule has 9 nitrogen and oxygen atoms in total. The van der Waals surface area contributed by atoms with E-state index in [2.05, 4.69) is 15.3 Å². The Balaban J connectivity index is 1.39. The molecule has 41 heavy (non-hydrogen) atoms. The molecule has 0 aliphatic carbocycles. The number of hydrogen-bond donors (Lipinski definition) is 1. The summed E-state index contributed by atoms with van der Waals surface area (Å²) in [6, 6.07) is 15.7. The number of halogens is 1. The van der Waals surface area contributed by atoms with Gasteiger partial charge < -0.3 is 24.1 Å². The standard InChI is InChI=1S/C31H27FN4O5/c1-18(2)36-16-23(19-5-7-20(32)8-6-19)29(37)24(17-36)30(38)34-21-9-11-22(12-10-21)41-26-13-14-33-25-15-27(39-3)31(40-4)35-28(25)26/h5-18H,1-4H3,(H,34,38). The van der Waals surface area contributed by atoms with Crippen LogP contribution in [0.15, 0.2) is 84.0 Å². The molecule has 0 saturated heterocycles. The first kappa shape index (κ1) is 27.3. The molecule has 0 spiro atoms. The van der Waals surface area contributed by atoms with Gasteiger partial charge in [-0.3, -0.25) is 14.6 Å². The summed E-state index contributed by atoms with van der Waals surface area (Å²) in [5.74, 6) is 0.733. The molecule has 0 radical (unpaired) electrons. The zero-order valence-electron chi connectivity index (χ0n) is 22.8. The number of ether oxygens (including phenoxy) is 3. The number of benzene rings is 2. The van der Waals surface area contributed by atoms with Crippen LogP contribution in [0.4, 0.5) is 10.1 Å². The maximum Gasteiger partial charge on any atom is 0.261 e. The predicted octanol–water partition coefficient (Wildman–Crippen LogP) is 6.24. The average molecular weight is 555 g/mol. The highest BCUT2D eigenvalue weighted by Crippen LogP contribution is 2.34. The van der Waals surface area contributed by atoms with Crippen molar-refractivity contribution in [2.24, 2.45) is 0 Å². The average Bonchev–Trinajstić information content (AvgIpc) is 2.98. The minimum atomic E-state index is -0.563. The van der Waals surface area contributed by atoms with Crippen LogP contribution in [-0.4, -0.2) is 34.7 Å². The van der Waals surface area contributed by atoms with Crippen molar-refractivity contribution in [3.8, 4) is 34.3 Å². The van der Waals surface area contributed by atoms with Gasteiger partial charge >= 0.3 is 0 Å². The molecule has 0 fully saturated rings. The fourth-order valence-electron chi connectivity index (χ4n) is 4.21. The van der Waals surface area contributed by atoms with E-state index in [9.17, 15) is 14.0 Å². The first-order valence-electron chi connectivity index (χ1n) is 12.8. The number of anilines is 1. The third-order valence-corrected chi connectivity index (χ3v) is 6.40. The number of rotatable bonds is 8. The first-order valence-corrected chi connectivity index (χ1v) is 12.8. The summed E-state index contributed by atoms with van der Waals surface area (Å²) in [6.07, 6.45) is 4.80. The lowest BCUT2D eigenvalue weighted by atomic mass is 10.0. The lowest BCUT2D eigenvalue weighted by molar-refractivity contribution is 0.102. The van der Waals surface area contributed by atoms with Crippen LogP contribution in [-0.2, 0) is 0 Å². The van der Waals surface area contributed by atoms with Crippen LogP contribution < -0.4 is 25.0 Å². The van der Waals surface area contributed by atoms with Gasteiger partial charge in [-0.1, -0.05) is 12.1 Å². The van der Waals surface area contributed by atoms with Gasteiger partial charge in [-0.25, -0.2) is 9.37 Å². The first-order chi connectivity index (χ1) is 19.8. The third-order valence-electron chi connectivity index (χ3n) is 6.40. The number of carbonyl (C=O) groups excluding carboxylic acids is 1. The van der Waals surface area contributed by atoms with Crippen molar-refractivity contribution < 1.29 is 23.4 Å². The van der Waals surface area contributed by atoms with E-state index in [1.165, 1.54) is 44.7 Å². The predicted molar refractivity (Wildman–Crippen MR) is 154 cm³/mol. The number of amides is 1. The monoisotopic (exact) mass is 554 g/mol. The molecule has 0 atom stereocenters. The summed E-state index contributed by atoms with van der Waals surface area (Å²) >= 11 is 0. The molecule has 1 amide bonds. The molecular weight excluding hydrogens is 527 g/mol. The van der Waals surface area contributed by atoms with Crippen LogP contribution in [0.5, 0.6) is 23.1 Å². The van der Waals surface area contributed by atoms with Crippen LogP contribution in [0.2, 0.25) is 0 Å². The van der Waals surface area contributed by atoms with Gasteiger partial charge in [0.1, 0.15) is 22.6 Å². The SMILES string of the molecule is COc1cc2nccc(Oc3ccc(NC(=O)c4cn(C(C)C)cc(-c5ccc(F)cc5)c4=O)cc3)c2nc1OC. The van der Waals surface area contributed by atoms with Gasteiger partial charge in [0.05, 0.1) is 19.7 Å². The molecule has 0 saturated carbocycles. The third kappa shape index (κ3) is 5.72. The normalized spacial score (nSPS) is 11.0. The molecule has 1 N–H and O–H groups in total. The molecule has 0 unspecified atom stereocenters. The minimum Gasteiger partial charge on any atom is -0.491 e. The Morgan fingerprint density at radius 1 is 0.951 bits per heavy atom. The van der Waals surface area contributed by atoms with Crippen molar-refractivity contribution in [3.63, 3.8) is 0 Å². The van der Waals surface area contributed by atoms with Crippen molar-refractivity contribution in [1.82, 2.24) is 14.5 Å². The molecule has 3 aromatic heterocycles. The second-order valence-electron chi connectivity index (χ2n) is 9.42. The summed E-state index contributed by atoms with van der Waals surface area (Å²) in [4.78, 5) is 35.3. The quantitative estimate of drug-likeness (QED) is 0.242. The Labute approximate surface area is 235 Å². The summed E-state index contributed by atoms with van der Waals surface area (Å²) in [5, 5.41) is 2.78. The number of fused-ring (bicyclic) bond motifs is 1. The Morgan fingerprint density at radius 3 is 2.34 bits per heavy atom. The van der Waals surface area contributed by atoms with E-state index in [-0.39, 0.29) is 11.6 Å². The van der Waals surface area contributed by atoms with E-state index in [0.29, 0.717) is 51.0 Å². The smallest absolute Gasteiger partial charge is 0.261 e. The number of pyridine rings is 3. The molecule has 2 aromatic carbocycles. The molecule has 10 heteroatoms. The van der Waals surface area contributed by atoms with E-state index >= 15 is 0 Å². The van der Waals surface area contributed by atoms with Gasteiger partial charge in [-0.2, -0.15) is 0 Å². The summed E-state index contributed by atoms with van der Waals surface area (Å²) in [6.45, 7) is 3.88. The Morgan fingerprint density at radius 2 is 1.68 bits per heavy atom. The fraction of sp³-hybridized carbons (Fsp3) is 0.161. The number of hydrogen-bond acceptors (Lipinski definition) is 7. The Hall–Kier alpha value is -5.25. The zero-order valence-corrected chi connectivity index (χ0v) is 22.8. The van der Waals surface area contributed by atoms with Crippen molar-refractivity contribution in [2.45, 2.75) is 19.9 Å². The zero-order chi connectivity index (χ0) is 29.1. The van der Waals surface area contributed by atoms with E-state index < -0.39 is 17.2 Å². The lowest BCUT2D eigenvalue weighted by Crippen LogP contribution is -2.25. The maximum absolute atomic E-state index is 13.5. The van der Waals surface area contributed by atoms with Gasteiger partial charge in [-0.05, 0) is 55.8 Å². The molecule has 0 aliphatic heterocycles. The van der Waals surface area contributed by atoms with Gasteiger partial charge in [-0.15, -0.1) is 0 Å². The number of nitrogens with one attached hydrogen (secondary N) is 1. The van der Waals surface area contributed by atoms with Gasteiger partial charge in [0.2, 0.25) is 5.43 Å². The van der Waals surface area contributed by atoms with Crippen LogP contribution in [0.3, 0.4) is 0 Å². The van der Waals surface area contributed by atoms with Gasteiger partial charge in [0.25, 0.3) is 11.8 Å². The second-order valence-corrected chi connectivity index (χ2v) is 9.42. The number of nitrogens with zero attached hydrogens (tertiary/aromatic N) is 3. The van der Waals surface area contributed by atoms with E-state index in [0.717, 1.165) is 0 Å². The van der Waals surface area contributed by atoms with Crippen molar-refractivity contribution >= 4 is 22.6 Å². The molecule has 3 heterocycles. The van der Waals surface area contributed by atoms with E-state index in [4.69, 9.17) is 14.2 Å². The second kappa shape index (κ2) is 11.5. The summed E-state index contributed by atoms with van der Waals surface area (Å²) in [7, 11) is 3.02. The highest BCUT2D eigenvalue weighted by Gasteiger charge is 2.18. The maximum atomic E-state index is 13.5. The van der Waals surface area contributed by atoms with Crippen LogP contribution in [0, 0.1) is 5.82 Å². The molecule has 0 bridgehead atoms. The number of aromatic nitrogens is 3. The van der Waals surface area contributed by atoms with Crippen LogP contribution in [0.1, 0.15) is 30.2 Å². The number of methoxy groups -OCH3 is 2. The van der Waals surface area contributed by atoms with Crippen LogP contribution in [0.25, 0.3) is 22.2 Å². The van der Waals surface area contributed by atoms with Crippen LogP contribution >= 0.6 is 0 Å². The van der Waals surface area contributed by atoms with Crippen molar-refractivity contribution in [2.75, 3.05) is 19.5 Å². The fourth-order valence-corrected chi connectivity index (χ4v) is 4.21. The van der Waals surface area contributed by atoms with E-state index in [1.54, 1.807) is 53.4 Å². The highest BCUT2D eigenvalue weighted by molar-refractivity contribution is 6.04. The van der Waals surface area contributed by atoms with Gasteiger partial charge in [0, 0.05) is 48.0 Å². The summed E-state index contributed by atoms with van der Waals surface area (Å²) < 4.78 is 31.9. The molecule has 208 valence electrons. The topological polar surface area (TPSA) is 105 Å². The van der Waals surface area contributed by atoms with Crippen molar-refractivity contribution in [3.05, 3.63) is 101 Å². The lowest BCUT2D eigenvalue weighted by Gasteiger charge is -2.15. The Kier molecular flexibility index (Phi) is 7.64.